The van der Waals surface area contributed by atoms with Crippen molar-refractivity contribution in [1.82, 2.24) is 20.4 Å². The summed E-state index contributed by atoms with van der Waals surface area (Å²) in [5.74, 6) is 0.641. The molecule has 0 N–H and O–H groups in total. The van der Waals surface area contributed by atoms with Gasteiger partial charge in [0, 0.05) is 31.2 Å². The molecule has 0 unspecified atom stereocenters. The minimum Gasteiger partial charge on any atom is -0.126 e. The van der Waals surface area contributed by atoms with E-state index in [0.29, 0.717) is 42.9 Å². The number of hydrogen-bond donors (Lipinski definition) is 0. The van der Waals surface area contributed by atoms with E-state index in [2.05, 4.69) is 20.4 Å². The number of nitrogens with zero attached hydrogens (tertiary/aromatic N) is 4. The Morgan fingerprint density at radius 2 is 0.727 bits per heavy atom. The molecule has 0 saturated heterocycles. The van der Waals surface area contributed by atoms with Crippen molar-refractivity contribution in [3.63, 3.8) is 0 Å². The van der Waals surface area contributed by atoms with Crippen molar-refractivity contribution in [3.8, 4) is 22.8 Å². The lowest BCUT2D eigenvalue weighted by molar-refractivity contribution is 0.876. The summed E-state index contributed by atoms with van der Waals surface area (Å²) in [4.78, 5) is 0. The first kappa shape index (κ1) is 15.4. The Kier molecular flexibility index (Phi) is 4.45. The second-order valence-corrected chi connectivity index (χ2v) is 6.11. The Labute approximate surface area is 146 Å². The van der Waals surface area contributed by atoms with E-state index in [9.17, 15) is 0 Å². The van der Waals surface area contributed by atoms with Gasteiger partial charge in [0.05, 0.1) is 0 Å². The zero-order valence-corrected chi connectivity index (χ0v) is 13.8. The number of rotatable bonds is 2. The summed E-state index contributed by atoms with van der Waals surface area (Å²) in [5, 5.41) is 18.1. The largest absolute Gasteiger partial charge is 0.203 e. The molecule has 0 spiro atoms. The highest BCUT2D eigenvalue weighted by Gasteiger charge is 2.09. The van der Waals surface area contributed by atoms with Crippen LogP contribution in [-0.2, 0) is 0 Å². The molecule has 0 fully saturated rings. The molecule has 8 heteroatoms. The van der Waals surface area contributed by atoms with E-state index in [1.807, 2.05) is 0 Å². The molecule has 110 valence electrons. The smallest absolute Gasteiger partial charge is 0.126 e. The first-order chi connectivity index (χ1) is 10.5. The predicted octanol–water partition coefficient (Wildman–Crippen LogP) is 5.21. The Morgan fingerprint density at radius 3 is 1.00 bits per heavy atom. The van der Waals surface area contributed by atoms with Crippen LogP contribution in [0.15, 0.2) is 36.4 Å². The summed E-state index contributed by atoms with van der Waals surface area (Å²) >= 11 is 23.8. The van der Waals surface area contributed by atoms with Crippen LogP contribution >= 0.6 is 46.4 Å². The summed E-state index contributed by atoms with van der Waals surface area (Å²) in [6, 6.07) is 9.97. The van der Waals surface area contributed by atoms with Gasteiger partial charge in [-0.05, 0) is 36.4 Å². The summed E-state index contributed by atoms with van der Waals surface area (Å²) in [5.41, 5.74) is 1.27. The number of aromatic nitrogens is 4. The summed E-state index contributed by atoms with van der Waals surface area (Å²) in [6.07, 6.45) is 0. The molecule has 0 bridgehead atoms. The average Bonchev–Trinajstić information content (AvgIpc) is 2.45. The molecule has 0 aliphatic carbocycles. The molecule has 22 heavy (non-hydrogen) atoms. The minimum absolute atomic E-state index is 0.321. The van der Waals surface area contributed by atoms with Crippen molar-refractivity contribution in [2.45, 2.75) is 0 Å². The quantitative estimate of drug-likeness (QED) is 0.620. The second kappa shape index (κ2) is 6.34. The third kappa shape index (κ3) is 3.47. The van der Waals surface area contributed by atoms with E-state index in [1.165, 1.54) is 0 Å². The molecule has 3 aromatic rings. The maximum atomic E-state index is 5.95. The number of benzene rings is 2. The SMILES string of the molecule is Clc1cc(Cl)cc(-c2nnc(-c3cc(Cl)cc(Cl)c3)nn2)c1. The standard InChI is InChI=1S/C14H6Cl4N4/c15-9-1-7(2-10(16)5-9)13-19-21-14(22-20-13)8-3-11(17)6-12(18)4-8/h1-6H. The summed E-state index contributed by atoms with van der Waals surface area (Å²) in [6.45, 7) is 0. The van der Waals surface area contributed by atoms with Gasteiger partial charge in [-0.1, -0.05) is 46.4 Å². The predicted molar refractivity (Wildman–Crippen MR) is 88.5 cm³/mol. The minimum atomic E-state index is 0.321. The van der Waals surface area contributed by atoms with Gasteiger partial charge in [-0.2, -0.15) is 0 Å². The van der Waals surface area contributed by atoms with Crippen LogP contribution in [0.5, 0.6) is 0 Å². The molecule has 3 rings (SSSR count). The van der Waals surface area contributed by atoms with Gasteiger partial charge in [-0.3, -0.25) is 0 Å². The lowest BCUT2D eigenvalue weighted by Crippen LogP contribution is -1.99. The van der Waals surface area contributed by atoms with Crippen LogP contribution in [0.2, 0.25) is 20.1 Å². The highest BCUT2D eigenvalue weighted by atomic mass is 35.5. The molecule has 0 amide bonds. The fraction of sp³-hybridized carbons (Fsp3) is 0. The lowest BCUT2D eigenvalue weighted by atomic mass is 10.2. The molecule has 2 aromatic carbocycles. The van der Waals surface area contributed by atoms with Gasteiger partial charge in [0.1, 0.15) is 0 Å². The van der Waals surface area contributed by atoms with Gasteiger partial charge in [0.2, 0.25) is 11.6 Å². The van der Waals surface area contributed by atoms with Crippen LogP contribution in [-0.4, -0.2) is 20.4 Å². The lowest BCUT2D eigenvalue weighted by Gasteiger charge is -2.03. The zero-order valence-electron chi connectivity index (χ0n) is 10.8. The van der Waals surface area contributed by atoms with E-state index >= 15 is 0 Å². The van der Waals surface area contributed by atoms with E-state index in [0.717, 1.165) is 0 Å². The van der Waals surface area contributed by atoms with Gasteiger partial charge in [0.25, 0.3) is 0 Å². The Balaban J connectivity index is 1.98. The van der Waals surface area contributed by atoms with E-state index in [4.69, 9.17) is 46.4 Å². The molecule has 0 saturated carbocycles. The highest BCUT2D eigenvalue weighted by Crippen LogP contribution is 2.26. The van der Waals surface area contributed by atoms with Crippen molar-refractivity contribution >= 4 is 46.4 Å². The van der Waals surface area contributed by atoms with Crippen LogP contribution < -0.4 is 0 Å². The molecule has 0 radical (unpaired) electrons. The van der Waals surface area contributed by atoms with Crippen LogP contribution in [0.3, 0.4) is 0 Å². The Morgan fingerprint density at radius 1 is 0.455 bits per heavy atom. The molecule has 0 aliphatic heterocycles. The highest BCUT2D eigenvalue weighted by molar-refractivity contribution is 6.35. The normalized spacial score (nSPS) is 10.7. The average molecular weight is 372 g/mol. The molecule has 0 aliphatic rings. The second-order valence-electron chi connectivity index (χ2n) is 4.36. The van der Waals surface area contributed by atoms with E-state index in [1.54, 1.807) is 36.4 Å². The van der Waals surface area contributed by atoms with Gasteiger partial charge < -0.3 is 0 Å². The third-order valence-corrected chi connectivity index (χ3v) is 3.59. The third-order valence-electron chi connectivity index (χ3n) is 2.72. The monoisotopic (exact) mass is 370 g/mol. The van der Waals surface area contributed by atoms with E-state index < -0.39 is 0 Å². The fourth-order valence-corrected chi connectivity index (χ4v) is 2.88. The molecule has 1 heterocycles. The fourth-order valence-electron chi connectivity index (χ4n) is 1.83. The van der Waals surface area contributed by atoms with Crippen molar-refractivity contribution in [2.75, 3.05) is 0 Å². The Bertz CT molecular complexity index is 726. The van der Waals surface area contributed by atoms with Gasteiger partial charge >= 0.3 is 0 Å². The molecule has 1 aromatic heterocycles. The van der Waals surface area contributed by atoms with E-state index in [-0.39, 0.29) is 0 Å². The first-order valence-electron chi connectivity index (χ1n) is 6.01. The molecular weight excluding hydrogens is 366 g/mol. The maximum absolute atomic E-state index is 5.95. The van der Waals surface area contributed by atoms with Crippen LogP contribution in [0.1, 0.15) is 0 Å². The van der Waals surface area contributed by atoms with Crippen LogP contribution in [0.4, 0.5) is 0 Å². The molecular formula is C14H6Cl4N4. The maximum Gasteiger partial charge on any atom is 0.203 e. The summed E-state index contributed by atoms with van der Waals surface area (Å²) in [7, 11) is 0. The van der Waals surface area contributed by atoms with Gasteiger partial charge in [0.15, 0.2) is 0 Å². The molecule has 0 atom stereocenters. The van der Waals surface area contributed by atoms with Crippen LogP contribution in [0.25, 0.3) is 22.8 Å². The Hall–Kier alpha value is -1.46. The molecule has 4 nitrogen and oxygen atoms in total. The first-order valence-corrected chi connectivity index (χ1v) is 7.53. The topological polar surface area (TPSA) is 51.6 Å². The zero-order chi connectivity index (χ0) is 15.7. The van der Waals surface area contributed by atoms with Crippen molar-refractivity contribution < 1.29 is 0 Å². The van der Waals surface area contributed by atoms with Crippen molar-refractivity contribution in [2.24, 2.45) is 0 Å². The summed E-state index contributed by atoms with van der Waals surface area (Å²) < 4.78 is 0. The van der Waals surface area contributed by atoms with Crippen LogP contribution in [0, 0.1) is 0 Å². The number of halogens is 4. The van der Waals surface area contributed by atoms with Gasteiger partial charge in [-0.25, -0.2) is 0 Å². The van der Waals surface area contributed by atoms with Gasteiger partial charge in [-0.15, -0.1) is 20.4 Å². The van der Waals surface area contributed by atoms with Crippen molar-refractivity contribution in [1.29, 1.82) is 0 Å². The van der Waals surface area contributed by atoms with Crippen molar-refractivity contribution in [3.05, 3.63) is 56.5 Å². The number of hydrogen-bond acceptors (Lipinski definition) is 4.